The minimum Gasteiger partial charge on any atom is -0.380 e. The minimum atomic E-state index is -1.29. The zero-order valence-corrected chi connectivity index (χ0v) is 21.1. The van der Waals surface area contributed by atoms with Crippen LogP contribution in [0.15, 0.2) is 0 Å². The molecule has 0 fully saturated rings. The molecular formula is C19H46N2O3Si2. The van der Waals surface area contributed by atoms with Crippen molar-refractivity contribution in [2.45, 2.75) is 65.7 Å². The Morgan fingerprint density at radius 2 is 1.50 bits per heavy atom. The van der Waals surface area contributed by atoms with E-state index in [-0.39, 0.29) is 15.4 Å². The van der Waals surface area contributed by atoms with Gasteiger partial charge in [0.05, 0.1) is 16.1 Å². The molecule has 0 aromatic rings. The summed E-state index contributed by atoms with van der Waals surface area (Å²) in [6.07, 6.45) is 1.27. The van der Waals surface area contributed by atoms with Gasteiger partial charge in [-0.1, -0.05) is 32.6 Å². The standard InChI is InChI=1S/C19H46N2O3Si2/c1-8-20(13-12-18-25-19(23-10-3)24-11-4)14-15-21(26(5,6)7)16-17-22-9-2/h19H,8-18,25H2,1-7H3. The molecule has 158 valence electrons. The van der Waals surface area contributed by atoms with Gasteiger partial charge in [0.25, 0.3) is 0 Å². The molecule has 0 bridgehead atoms. The number of rotatable bonds is 18. The Kier molecular flexibility index (Phi) is 16.4. The SMILES string of the molecule is CCOCCN(CCN(CC)CCC[SiH2]C(OCC)OCC)[Si](C)(C)C. The van der Waals surface area contributed by atoms with Crippen LogP contribution in [-0.2, 0) is 14.2 Å². The van der Waals surface area contributed by atoms with Crippen molar-refractivity contribution in [1.82, 2.24) is 9.47 Å². The molecule has 0 saturated heterocycles. The van der Waals surface area contributed by atoms with Crippen molar-refractivity contribution in [1.29, 1.82) is 0 Å². The van der Waals surface area contributed by atoms with E-state index < -0.39 is 8.24 Å². The fourth-order valence-corrected chi connectivity index (χ4v) is 6.21. The van der Waals surface area contributed by atoms with E-state index in [1.165, 1.54) is 19.0 Å². The highest BCUT2D eigenvalue weighted by Crippen LogP contribution is 2.09. The van der Waals surface area contributed by atoms with Crippen LogP contribution < -0.4 is 0 Å². The fourth-order valence-electron chi connectivity index (χ4n) is 3.02. The van der Waals surface area contributed by atoms with Crippen molar-refractivity contribution < 1.29 is 14.2 Å². The zero-order valence-electron chi connectivity index (χ0n) is 18.7. The molecule has 0 spiro atoms. The smallest absolute Gasteiger partial charge is 0.134 e. The van der Waals surface area contributed by atoms with Crippen molar-refractivity contribution in [3.05, 3.63) is 0 Å². The van der Waals surface area contributed by atoms with Crippen LogP contribution in [0.3, 0.4) is 0 Å². The van der Waals surface area contributed by atoms with Crippen LogP contribution in [-0.4, -0.2) is 92.3 Å². The van der Waals surface area contributed by atoms with Crippen molar-refractivity contribution in [3.8, 4) is 0 Å². The molecule has 0 aliphatic carbocycles. The Balaban J connectivity index is 4.18. The summed E-state index contributed by atoms with van der Waals surface area (Å²) in [5.41, 5.74) is 0. The molecule has 0 heterocycles. The second-order valence-electron chi connectivity index (χ2n) is 7.63. The fraction of sp³-hybridized carbons (Fsp3) is 1.00. The van der Waals surface area contributed by atoms with E-state index in [1.807, 2.05) is 0 Å². The van der Waals surface area contributed by atoms with Gasteiger partial charge < -0.3 is 23.7 Å². The normalized spacial score (nSPS) is 13.2. The van der Waals surface area contributed by atoms with E-state index in [4.69, 9.17) is 14.2 Å². The second-order valence-corrected chi connectivity index (χ2v) is 14.6. The van der Waals surface area contributed by atoms with Gasteiger partial charge in [0.15, 0.2) is 0 Å². The van der Waals surface area contributed by atoms with Gasteiger partial charge in [-0.05, 0) is 40.3 Å². The minimum absolute atomic E-state index is 0.112. The lowest BCUT2D eigenvalue weighted by Crippen LogP contribution is -2.50. The van der Waals surface area contributed by atoms with Crippen LogP contribution in [0.1, 0.15) is 34.1 Å². The summed E-state index contributed by atoms with van der Waals surface area (Å²) in [6, 6.07) is 1.29. The summed E-state index contributed by atoms with van der Waals surface area (Å²) in [6.45, 7) is 24.7. The van der Waals surface area contributed by atoms with Gasteiger partial charge in [-0.25, -0.2) is 0 Å². The van der Waals surface area contributed by atoms with Crippen molar-refractivity contribution >= 4 is 17.8 Å². The lowest BCUT2D eigenvalue weighted by Gasteiger charge is -2.35. The van der Waals surface area contributed by atoms with Crippen molar-refractivity contribution in [2.75, 3.05) is 59.2 Å². The molecule has 0 amide bonds. The summed E-state index contributed by atoms with van der Waals surface area (Å²) < 4.78 is 19.6. The Bertz CT molecular complexity index is 312. The molecule has 0 atom stereocenters. The van der Waals surface area contributed by atoms with Gasteiger partial charge in [-0.3, -0.25) is 0 Å². The Labute approximate surface area is 166 Å². The van der Waals surface area contributed by atoms with Crippen LogP contribution in [0.2, 0.25) is 25.7 Å². The van der Waals surface area contributed by atoms with Crippen LogP contribution >= 0.6 is 0 Å². The molecule has 0 radical (unpaired) electrons. The first-order valence-electron chi connectivity index (χ1n) is 10.7. The predicted octanol–water partition coefficient (Wildman–Crippen LogP) is 2.82. The molecule has 0 aromatic carbocycles. The van der Waals surface area contributed by atoms with E-state index in [2.05, 4.69) is 56.8 Å². The van der Waals surface area contributed by atoms with Crippen molar-refractivity contribution in [2.24, 2.45) is 0 Å². The first-order chi connectivity index (χ1) is 12.4. The van der Waals surface area contributed by atoms with Crippen LogP contribution in [0.4, 0.5) is 0 Å². The maximum Gasteiger partial charge on any atom is 0.134 e. The molecule has 0 saturated carbocycles. The Hall–Kier alpha value is 0.234. The number of hydrogen-bond donors (Lipinski definition) is 0. The van der Waals surface area contributed by atoms with E-state index >= 15 is 0 Å². The summed E-state index contributed by atoms with van der Waals surface area (Å²) in [4.78, 5) is 2.60. The average molecular weight is 407 g/mol. The number of hydrogen-bond acceptors (Lipinski definition) is 5. The van der Waals surface area contributed by atoms with Gasteiger partial charge >= 0.3 is 0 Å². The predicted molar refractivity (Wildman–Crippen MR) is 119 cm³/mol. The summed E-state index contributed by atoms with van der Waals surface area (Å²) in [5.74, 6) is 0.112. The molecule has 5 nitrogen and oxygen atoms in total. The van der Waals surface area contributed by atoms with Gasteiger partial charge in [0.2, 0.25) is 0 Å². The first kappa shape index (κ1) is 26.2. The monoisotopic (exact) mass is 406 g/mol. The van der Waals surface area contributed by atoms with Crippen molar-refractivity contribution in [3.63, 3.8) is 0 Å². The van der Waals surface area contributed by atoms with Crippen LogP contribution in [0.5, 0.6) is 0 Å². The van der Waals surface area contributed by atoms with E-state index in [0.717, 1.165) is 52.6 Å². The lowest BCUT2D eigenvalue weighted by atomic mass is 10.4. The number of likely N-dealkylation sites (N-methyl/N-ethyl adjacent to an activating group) is 1. The van der Waals surface area contributed by atoms with Gasteiger partial charge in [0, 0.05) is 39.5 Å². The maximum atomic E-state index is 5.69. The third-order valence-electron chi connectivity index (χ3n) is 4.66. The van der Waals surface area contributed by atoms with E-state index in [1.54, 1.807) is 0 Å². The Morgan fingerprint density at radius 1 is 0.846 bits per heavy atom. The molecule has 0 unspecified atom stereocenters. The largest absolute Gasteiger partial charge is 0.380 e. The van der Waals surface area contributed by atoms with Gasteiger partial charge in [-0.15, -0.1) is 0 Å². The Morgan fingerprint density at radius 3 is 2.00 bits per heavy atom. The van der Waals surface area contributed by atoms with E-state index in [9.17, 15) is 0 Å². The van der Waals surface area contributed by atoms with Gasteiger partial charge in [-0.2, -0.15) is 0 Å². The number of ether oxygens (including phenoxy) is 3. The average Bonchev–Trinajstić information content (AvgIpc) is 2.58. The summed E-state index contributed by atoms with van der Waals surface area (Å²) in [5, 5.41) is 0. The molecule has 0 N–H and O–H groups in total. The quantitative estimate of drug-likeness (QED) is 0.199. The third kappa shape index (κ3) is 13.4. The maximum absolute atomic E-state index is 5.69. The molecule has 0 rings (SSSR count). The molecule has 7 heteroatoms. The molecular weight excluding hydrogens is 360 g/mol. The number of nitrogens with zero attached hydrogens (tertiary/aromatic N) is 2. The van der Waals surface area contributed by atoms with Crippen LogP contribution in [0.25, 0.3) is 0 Å². The van der Waals surface area contributed by atoms with E-state index in [0.29, 0.717) is 0 Å². The molecule has 0 aliphatic heterocycles. The highest BCUT2D eigenvalue weighted by molar-refractivity contribution is 6.73. The lowest BCUT2D eigenvalue weighted by molar-refractivity contribution is -0.0828. The third-order valence-corrected chi connectivity index (χ3v) is 8.86. The zero-order chi connectivity index (χ0) is 19.8. The summed E-state index contributed by atoms with van der Waals surface area (Å²) >= 11 is 0. The van der Waals surface area contributed by atoms with Gasteiger partial charge in [0.1, 0.15) is 14.1 Å². The van der Waals surface area contributed by atoms with Crippen LogP contribution in [0, 0.1) is 0 Å². The molecule has 0 aromatic heterocycles. The highest BCUT2D eigenvalue weighted by atomic mass is 28.3. The topological polar surface area (TPSA) is 34.2 Å². The summed E-state index contributed by atoms with van der Waals surface area (Å²) in [7, 11) is -1.59. The second kappa shape index (κ2) is 16.2. The molecule has 0 aliphatic rings. The molecule has 26 heavy (non-hydrogen) atoms. The first-order valence-corrected chi connectivity index (χ1v) is 15.9. The highest BCUT2D eigenvalue weighted by Gasteiger charge is 2.23.